The maximum atomic E-state index is 9.77. The predicted molar refractivity (Wildman–Crippen MR) is 81.9 cm³/mol. The van der Waals surface area contributed by atoms with E-state index in [9.17, 15) is 5.11 Å². The third-order valence-corrected chi connectivity index (χ3v) is 3.72. The van der Waals surface area contributed by atoms with E-state index in [1.807, 2.05) is 36.7 Å². The number of aromatic nitrogens is 2. The Bertz CT molecular complexity index is 745. The lowest BCUT2D eigenvalue weighted by Crippen LogP contribution is -1.98. The molecule has 0 fully saturated rings. The molecular formula is C17H18N2O. The molecule has 3 aromatic rings. The minimum atomic E-state index is 0.314. The van der Waals surface area contributed by atoms with Crippen molar-refractivity contribution in [1.29, 1.82) is 0 Å². The molecule has 0 aliphatic heterocycles. The summed E-state index contributed by atoms with van der Waals surface area (Å²) in [6.07, 6.45) is 4.70. The topological polar surface area (TPSA) is 38.0 Å². The number of fused-ring (bicyclic) bond motifs is 1. The molecule has 0 aliphatic rings. The van der Waals surface area contributed by atoms with Crippen molar-refractivity contribution >= 4 is 10.9 Å². The molecule has 102 valence electrons. The number of benzene rings is 1. The fourth-order valence-corrected chi connectivity index (χ4v) is 2.86. The van der Waals surface area contributed by atoms with Gasteiger partial charge in [0.05, 0.1) is 5.52 Å². The summed E-state index contributed by atoms with van der Waals surface area (Å²) in [5.74, 6) is 0.314. The molecule has 2 aromatic heterocycles. The van der Waals surface area contributed by atoms with E-state index in [2.05, 4.69) is 23.4 Å². The highest BCUT2D eigenvalue weighted by Crippen LogP contribution is 2.36. The largest absolute Gasteiger partial charge is 0.508 e. The Balaban J connectivity index is 2.35. The summed E-state index contributed by atoms with van der Waals surface area (Å²) in [5, 5.41) is 11.0. The van der Waals surface area contributed by atoms with E-state index in [4.69, 9.17) is 0 Å². The molecule has 2 heterocycles. The quantitative estimate of drug-likeness (QED) is 0.774. The van der Waals surface area contributed by atoms with E-state index < -0.39 is 0 Å². The van der Waals surface area contributed by atoms with Crippen LogP contribution in [0.25, 0.3) is 22.0 Å². The Morgan fingerprint density at radius 2 is 1.90 bits per heavy atom. The summed E-state index contributed by atoms with van der Waals surface area (Å²) in [6, 6.07) is 9.67. The van der Waals surface area contributed by atoms with E-state index >= 15 is 0 Å². The number of phenols is 1. The Morgan fingerprint density at radius 1 is 1.15 bits per heavy atom. The van der Waals surface area contributed by atoms with Crippen molar-refractivity contribution in [2.24, 2.45) is 0 Å². The van der Waals surface area contributed by atoms with E-state index in [1.165, 1.54) is 22.2 Å². The van der Waals surface area contributed by atoms with E-state index in [1.54, 1.807) is 6.07 Å². The molecule has 1 N–H and O–H groups in total. The molecule has 0 unspecified atom stereocenters. The first kappa shape index (κ1) is 12.7. The van der Waals surface area contributed by atoms with Gasteiger partial charge in [-0.05, 0) is 43.2 Å². The molecule has 0 amide bonds. The van der Waals surface area contributed by atoms with Gasteiger partial charge in [0.25, 0.3) is 0 Å². The van der Waals surface area contributed by atoms with Crippen LogP contribution in [-0.4, -0.2) is 14.7 Å². The second-order valence-electron chi connectivity index (χ2n) is 5.05. The number of rotatable bonds is 3. The second-order valence-corrected chi connectivity index (χ2v) is 5.05. The average molecular weight is 266 g/mol. The van der Waals surface area contributed by atoms with Crippen molar-refractivity contribution < 1.29 is 5.11 Å². The van der Waals surface area contributed by atoms with Gasteiger partial charge in [0.2, 0.25) is 0 Å². The van der Waals surface area contributed by atoms with Crippen molar-refractivity contribution in [2.45, 2.75) is 26.8 Å². The van der Waals surface area contributed by atoms with Gasteiger partial charge in [-0.1, -0.05) is 6.92 Å². The summed E-state index contributed by atoms with van der Waals surface area (Å²) in [5.41, 5.74) is 4.73. The molecule has 0 spiro atoms. The molecule has 3 heteroatoms. The SMILES string of the molecule is CCCn1c(C)c(-c2ccncc2)c2ccc(O)cc21. The summed E-state index contributed by atoms with van der Waals surface area (Å²) in [6.45, 7) is 5.26. The summed E-state index contributed by atoms with van der Waals surface area (Å²) >= 11 is 0. The number of hydrogen-bond acceptors (Lipinski definition) is 2. The first-order chi connectivity index (χ1) is 9.72. The monoisotopic (exact) mass is 266 g/mol. The number of phenolic OH excluding ortho intramolecular Hbond substituents is 1. The van der Waals surface area contributed by atoms with Crippen LogP contribution in [-0.2, 0) is 6.54 Å². The highest BCUT2D eigenvalue weighted by atomic mass is 16.3. The van der Waals surface area contributed by atoms with E-state index in [0.29, 0.717) is 5.75 Å². The Morgan fingerprint density at radius 3 is 2.60 bits per heavy atom. The van der Waals surface area contributed by atoms with Crippen LogP contribution in [0.15, 0.2) is 42.7 Å². The van der Waals surface area contributed by atoms with Crippen LogP contribution in [0.2, 0.25) is 0 Å². The highest BCUT2D eigenvalue weighted by Gasteiger charge is 2.15. The number of aromatic hydroxyl groups is 1. The van der Waals surface area contributed by atoms with Crippen LogP contribution in [0.3, 0.4) is 0 Å². The predicted octanol–water partition coefficient (Wildman–Crippen LogP) is 4.13. The van der Waals surface area contributed by atoms with Gasteiger partial charge in [-0.3, -0.25) is 4.98 Å². The van der Waals surface area contributed by atoms with Crippen LogP contribution in [0.4, 0.5) is 0 Å². The zero-order valence-electron chi connectivity index (χ0n) is 11.8. The lowest BCUT2D eigenvalue weighted by molar-refractivity contribution is 0.475. The fourth-order valence-electron chi connectivity index (χ4n) is 2.86. The normalized spacial score (nSPS) is 11.1. The maximum Gasteiger partial charge on any atom is 0.117 e. The smallest absolute Gasteiger partial charge is 0.117 e. The zero-order chi connectivity index (χ0) is 14.1. The minimum Gasteiger partial charge on any atom is -0.508 e. The van der Waals surface area contributed by atoms with Gasteiger partial charge in [-0.25, -0.2) is 0 Å². The maximum absolute atomic E-state index is 9.77. The first-order valence-electron chi connectivity index (χ1n) is 6.94. The number of hydrogen-bond donors (Lipinski definition) is 1. The standard InChI is InChI=1S/C17H18N2O/c1-3-10-19-12(2)17(13-6-8-18-9-7-13)15-5-4-14(20)11-16(15)19/h4-9,11,20H,3,10H2,1-2H3. The number of nitrogens with zero attached hydrogens (tertiary/aromatic N) is 2. The molecule has 1 aromatic carbocycles. The summed E-state index contributed by atoms with van der Waals surface area (Å²) < 4.78 is 2.28. The van der Waals surface area contributed by atoms with Gasteiger partial charge < -0.3 is 9.67 Å². The molecule has 0 saturated heterocycles. The van der Waals surface area contributed by atoms with Crippen molar-refractivity contribution in [3.8, 4) is 16.9 Å². The Hall–Kier alpha value is -2.29. The van der Waals surface area contributed by atoms with Gasteiger partial charge in [0, 0.05) is 41.6 Å². The van der Waals surface area contributed by atoms with Gasteiger partial charge >= 0.3 is 0 Å². The number of aryl methyl sites for hydroxylation is 1. The third kappa shape index (κ3) is 1.95. The highest BCUT2D eigenvalue weighted by molar-refractivity contribution is 5.98. The van der Waals surface area contributed by atoms with Gasteiger partial charge in [0.1, 0.15) is 5.75 Å². The van der Waals surface area contributed by atoms with Crippen LogP contribution < -0.4 is 0 Å². The van der Waals surface area contributed by atoms with Gasteiger partial charge in [0.15, 0.2) is 0 Å². The number of pyridine rings is 1. The summed E-state index contributed by atoms with van der Waals surface area (Å²) in [7, 11) is 0. The van der Waals surface area contributed by atoms with Gasteiger partial charge in [-0.2, -0.15) is 0 Å². The third-order valence-electron chi connectivity index (χ3n) is 3.72. The van der Waals surface area contributed by atoms with Crippen LogP contribution in [0.5, 0.6) is 5.75 Å². The van der Waals surface area contributed by atoms with Crippen LogP contribution in [0, 0.1) is 6.92 Å². The van der Waals surface area contributed by atoms with Crippen molar-refractivity contribution in [2.75, 3.05) is 0 Å². The molecule has 0 bridgehead atoms. The molecule has 0 radical (unpaired) electrons. The first-order valence-corrected chi connectivity index (χ1v) is 6.94. The second kappa shape index (κ2) is 5.00. The van der Waals surface area contributed by atoms with Crippen LogP contribution in [0.1, 0.15) is 19.0 Å². The molecule has 20 heavy (non-hydrogen) atoms. The Kier molecular flexibility index (Phi) is 3.18. The fraction of sp³-hybridized carbons (Fsp3) is 0.235. The molecule has 3 nitrogen and oxygen atoms in total. The Labute approximate surface area is 118 Å². The average Bonchev–Trinajstić information content (AvgIpc) is 2.73. The molecule has 0 aliphatic carbocycles. The van der Waals surface area contributed by atoms with Gasteiger partial charge in [-0.15, -0.1) is 0 Å². The van der Waals surface area contributed by atoms with Crippen molar-refractivity contribution in [3.63, 3.8) is 0 Å². The van der Waals surface area contributed by atoms with Crippen LogP contribution >= 0.6 is 0 Å². The minimum absolute atomic E-state index is 0.314. The van der Waals surface area contributed by atoms with Crippen molar-refractivity contribution in [3.05, 3.63) is 48.4 Å². The molecule has 0 saturated carbocycles. The molecular weight excluding hydrogens is 248 g/mol. The molecule has 3 rings (SSSR count). The van der Waals surface area contributed by atoms with E-state index in [-0.39, 0.29) is 0 Å². The lowest BCUT2D eigenvalue weighted by atomic mass is 10.0. The van der Waals surface area contributed by atoms with E-state index in [0.717, 1.165) is 18.5 Å². The summed E-state index contributed by atoms with van der Waals surface area (Å²) in [4.78, 5) is 4.09. The zero-order valence-corrected chi connectivity index (χ0v) is 11.8. The lowest BCUT2D eigenvalue weighted by Gasteiger charge is -2.07. The van der Waals surface area contributed by atoms with Crippen molar-refractivity contribution in [1.82, 2.24) is 9.55 Å². The molecule has 0 atom stereocenters.